The fourth-order valence-electron chi connectivity index (χ4n) is 5.95. The number of benzene rings is 3. The molecular formula is C47H52F2N2O9. The average Bonchev–Trinajstić information content (AvgIpc) is 3.22. The lowest BCUT2D eigenvalue weighted by molar-refractivity contribution is -0.162. The van der Waals surface area contributed by atoms with Gasteiger partial charge in [0.25, 0.3) is 0 Å². The summed E-state index contributed by atoms with van der Waals surface area (Å²) in [4.78, 5) is 49.1. The van der Waals surface area contributed by atoms with E-state index in [1.54, 1.807) is 12.1 Å². The lowest BCUT2D eigenvalue weighted by Gasteiger charge is -2.32. The van der Waals surface area contributed by atoms with Crippen LogP contribution >= 0.6 is 0 Å². The largest absolute Gasteiger partial charge is 0.492 e. The van der Waals surface area contributed by atoms with Crippen LogP contribution in [-0.4, -0.2) is 56.9 Å². The topological polar surface area (TPSA) is 162 Å². The van der Waals surface area contributed by atoms with Crippen molar-refractivity contribution in [2.75, 3.05) is 33.0 Å². The first-order valence-corrected chi connectivity index (χ1v) is 19.8. The maximum atomic E-state index is 15.9. The van der Waals surface area contributed by atoms with Gasteiger partial charge in [0, 0.05) is 11.1 Å². The Bertz CT molecular complexity index is 2030. The minimum atomic E-state index is -1.57. The van der Waals surface area contributed by atoms with E-state index in [1.165, 1.54) is 63.4 Å². The third-order valence-electron chi connectivity index (χ3n) is 9.34. The van der Waals surface area contributed by atoms with Crippen LogP contribution < -0.4 is 4.74 Å². The molecule has 13 heteroatoms. The molecule has 0 aliphatic rings. The number of aryl methyl sites for hydroxylation is 2. The molecule has 0 saturated heterocycles. The molecule has 3 rings (SSSR count). The van der Waals surface area contributed by atoms with Gasteiger partial charge >= 0.3 is 23.9 Å². The first-order chi connectivity index (χ1) is 28.7. The molecule has 3 aromatic rings. The molecule has 0 aliphatic carbocycles. The standard InChI is InChI=1S/C47H52F2N2O9/c1-6-7-8-9-10-12-34-14-16-35(17-15-34)38-26-39(48)44(40(49)27-38)37-18-19-41(36(25-37)13-11-24-56-45(54)32(2)3)57-28-47(29-58-42(52)20-22-50,30-59-43(53)21-23-51)31-60-46(55)33(4)5/h14-19,25-27H,2,4,6-13,20-21,24,28-31H2,1,3,5H3. The number of rotatable bonds is 25. The SMILES string of the molecule is C=C(C)C(=O)OCCCc1cc(-c2c(F)cc(-c3ccc(CCCCCCC)cc3)cc2F)ccc1OCC(COC(=O)CC#N)(COC(=O)CC#N)COC(=O)C(=C)C. The quantitative estimate of drug-likeness (QED) is 0.0346. The van der Waals surface area contributed by atoms with Crippen molar-refractivity contribution in [3.8, 4) is 40.1 Å². The van der Waals surface area contributed by atoms with Gasteiger partial charge < -0.3 is 23.7 Å². The number of hydrogen-bond donors (Lipinski definition) is 0. The summed E-state index contributed by atoms with van der Waals surface area (Å²) in [6, 6.07) is 18.0. The predicted octanol–water partition coefficient (Wildman–Crippen LogP) is 9.26. The molecular weight excluding hydrogens is 775 g/mol. The van der Waals surface area contributed by atoms with E-state index >= 15 is 8.78 Å². The van der Waals surface area contributed by atoms with Crippen molar-refractivity contribution >= 4 is 23.9 Å². The van der Waals surface area contributed by atoms with Gasteiger partial charge in [0.15, 0.2) is 0 Å². The average molecular weight is 827 g/mol. The summed E-state index contributed by atoms with van der Waals surface area (Å²) in [5.74, 6) is -4.62. The molecule has 318 valence electrons. The molecule has 0 saturated carbocycles. The van der Waals surface area contributed by atoms with Crippen LogP contribution in [0.2, 0.25) is 0 Å². The van der Waals surface area contributed by atoms with Crippen molar-refractivity contribution < 1.29 is 51.6 Å². The van der Waals surface area contributed by atoms with Crippen molar-refractivity contribution in [1.82, 2.24) is 0 Å². The van der Waals surface area contributed by atoms with E-state index in [-0.39, 0.29) is 47.5 Å². The van der Waals surface area contributed by atoms with Crippen LogP contribution in [0.4, 0.5) is 8.78 Å². The van der Waals surface area contributed by atoms with Gasteiger partial charge in [-0.15, -0.1) is 0 Å². The Morgan fingerprint density at radius 1 is 0.650 bits per heavy atom. The zero-order valence-electron chi connectivity index (χ0n) is 34.5. The number of nitrogens with zero attached hydrogens (tertiary/aromatic N) is 2. The van der Waals surface area contributed by atoms with E-state index < -0.39 is 80.2 Å². The van der Waals surface area contributed by atoms with Gasteiger partial charge in [-0.1, -0.05) is 76.1 Å². The molecule has 3 aromatic carbocycles. The molecule has 0 spiro atoms. The summed E-state index contributed by atoms with van der Waals surface area (Å²) in [7, 11) is 0. The predicted molar refractivity (Wildman–Crippen MR) is 220 cm³/mol. The van der Waals surface area contributed by atoms with Gasteiger partial charge in [-0.2, -0.15) is 10.5 Å². The maximum absolute atomic E-state index is 15.9. The van der Waals surface area contributed by atoms with Crippen molar-refractivity contribution in [3.63, 3.8) is 0 Å². The second kappa shape index (κ2) is 24.6. The third-order valence-corrected chi connectivity index (χ3v) is 9.34. The highest BCUT2D eigenvalue weighted by atomic mass is 19.1. The Morgan fingerprint density at radius 3 is 1.77 bits per heavy atom. The van der Waals surface area contributed by atoms with Crippen molar-refractivity contribution in [2.24, 2.45) is 5.41 Å². The van der Waals surface area contributed by atoms with Gasteiger partial charge in [-0.3, -0.25) is 9.59 Å². The van der Waals surface area contributed by atoms with Crippen LogP contribution in [0.5, 0.6) is 5.75 Å². The monoisotopic (exact) mass is 826 g/mol. The van der Waals surface area contributed by atoms with Crippen molar-refractivity contribution in [3.05, 3.63) is 102 Å². The molecule has 0 unspecified atom stereocenters. The van der Waals surface area contributed by atoms with Gasteiger partial charge in [0.05, 0.1) is 24.3 Å². The maximum Gasteiger partial charge on any atom is 0.333 e. The van der Waals surface area contributed by atoms with E-state index in [4.69, 9.17) is 34.2 Å². The Hall–Kier alpha value is -6.34. The molecule has 0 N–H and O–H groups in total. The highest BCUT2D eigenvalue weighted by Crippen LogP contribution is 2.35. The first-order valence-electron chi connectivity index (χ1n) is 19.8. The number of halogens is 2. The highest BCUT2D eigenvalue weighted by Gasteiger charge is 2.38. The van der Waals surface area contributed by atoms with E-state index in [9.17, 15) is 19.2 Å². The number of carbonyl (C=O) groups is 4. The van der Waals surface area contributed by atoms with E-state index in [2.05, 4.69) is 20.1 Å². The lowest BCUT2D eigenvalue weighted by atomic mass is 9.91. The molecule has 60 heavy (non-hydrogen) atoms. The normalized spacial score (nSPS) is 10.8. The summed E-state index contributed by atoms with van der Waals surface area (Å²) in [5.41, 5.74) is 1.22. The Balaban J connectivity index is 1.99. The summed E-state index contributed by atoms with van der Waals surface area (Å²) in [6.07, 6.45) is 6.00. The van der Waals surface area contributed by atoms with E-state index in [1.807, 2.05) is 24.3 Å². The Labute approximate surface area is 350 Å². The summed E-state index contributed by atoms with van der Waals surface area (Å²) < 4.78 is 59.4. The second-order valence-corrected chi connectivity index (χ2v) is 14.7. The van der Waals surface area contributed by atoms with E-state index in [0.717, 1.165) is 24.8 Å². The first kappa shape index (κ1) is 48.0. The number of ether oxygens (including phenoxy) is 5. The minimum Gasteiger partial charge on any atom is -0.492 e. The lowest BCUT2D eigenvalue weighted by Crippen LogP contribution is -2.44. The van der Waals surface area contributed by atoms with Gasteiger partial charge in [-0.25, -0.2) is 18.4 Å². The zero-order valence-corrected chi connectivity index (χ0v) is 34.5. The summed E-state index contributed by atoms with van der Waals surface area (Å²) in [6.45, 7) is 10.2. The van der Waals surface area contributed by atoms with Crippen LogP contribution in [0.1, 0.15) is 83.3 Å². The number of hydrogen-bond acceptors (Lipinski definition) is 11. The van der Waals surface area contributed by atoms with Gasteiger partial charge in [-0.05, 0) is 91.6 Å². The number of esters is 4. The van der Waals surface area contributed by atoms with Crippen LogP contribution in [0.25, 0.3) is 22.3 Å². The number of unbranched alkanes of at least 4 members (excludes halogenated alkanes) is 4. The van der Waals surface area contributed by atoms with Gasteiger partial charge in [0.1, 0.15) is 62.1 Å². The second-order valence-electron chi connectivity index (χ2n) is 14.7. The Kier molecular flexibility index (Phi) is 19.7. The molecule has 0 heterocycles. The Morgan fingerprint density at radius 2 is 1.20 bits per heavy atom. The molecule has 0 fully saturated rings. The van der Waals surface area contributed by atoms with E-state index in [0.29, 0.717) is 16.7 Å². The number of nitriles is 2. The van der Waals surface area contributed by atoms with Crippen LogP contribution in [0.15, 0.2) is 78.9 Å². The summed E-state index contributed by atoms with van der Waals surface area (Å²) >= 11 is 0. The van der Waals surface area contributed by atoms with Crippen molar-refractivity contribution in [1.29, 1.82) is 10.5 Å². The van der Waals surface area contributed by atoms with Crippen LogP contribution in [0.3, 0.4) is 0 Å². The molecule has 11 nitrogen and oxygen atoms in total. The van der Waals surface area contributed by atoms with Crippen LogP contribution in [0, 0.1) is 39.7 Å². The smallest absolute Gasteiger partial charge is 0.333 e. The van der Waals surface area contributed by atoms with Crippen LogP contribution in [-0.2, 0) is 51.0 Å². The minimum absolute atomic E-state index is 0.0189. The molecule has 0 amide bonds. The summed E-state index contributed by atoms with van der Waals surface area (Å²) in [5, 5.41) is 18.0. The molecule has 0 radical (unpaired) electrons. The third kappa shape index (κ3) is 15.4. The van der Waals surface area contributed by atoms with Gasteiger partial charge in [0.2, 0.25) is 0 Å². The fraction of sp³-hybridized carbons (Fsp3) is 0.404. The fourth-order valence-corrected chi connectivity index (χ4v) is 5.95. The zero-order chi connectivity index (χ0) is 44.1. The molecule has 0 aliphatic heterocycles. The molecule has 0 atom stereocenters. The molecule has 0 bridgehead atoms. The number of carbonyl (C=O) groups excluding carboxylic acids is 4. The van der Waals surface area contributed by atoms with Crippen molar-refractivity contribution in [2.45, 2.75) is 85.0 Å². The molecule has 0 aromatic heterocycles. The highest BCUT2D eigenvalue weighted by molar-refractivity contribution is 5.87.